The van der Waals surface area contributed by atoms with E-state index in [-0.39, 0.29) is 5.60 Å². The zero-order chi connectivity index (χ0) is 14.7. The number of aryl methyl sites for hydroxylation is 1. The maximum absolute atomic E-state index is 6.18. The third kappa shape index (κ3) is 3.00. The van der Waals surface area contributed by atoms with E-state index in [1.807, 2.05) is 6.20 Å². The van der Waals surface area contributed by atoms with Crippen LogP contribution < -0.4 is 5.32 Å². The summed E-state index contributed by atoms with van der Waals surface area (Å²) >= 11 is 0. The van der Waals surface area contributed by atoms with Gasteiger partial charge in [0.05, 0.1) is 5.60 Å². The molecule has 3 heteroatoms. The number of pyridine rings is 1. The van der Waals surface area contributed by atoms with E-state index in [4.69, 9.17) is 9.72 Å². The predicted octanol–water partition coefficient (Wildman–Crippen LogP) is 3.44. The number of nitrogens with one attached hydrogen (secondary N) is 1. The molecule has 0 aromatic carbocycles. The van der Waals surface area contributed by atoms with E-state index in [1.165, 1.54) is 36.9 Å². The van der Waals surface area contributed by atoms with Crippen molar-refractivity contribution in [2.45, 2.75) is 69.9 Å². The maximum atomic E-state index is 6.18. The lowest BCUT2D eigenvalue weighted by atomic mass is 9.75. The summed E-state index contributed by atoms with van der Waals surface area (Å²) in [7, 11) is 0. The van der Waals surface area contributed by atoms with Crippen LogP contribution in [0, 0.1) is 0 Å². The zero-order valence-corrected chi connectivity index (χ0v) is 13.4. The summed E-state index contributed by atoms with van der Waals surface area (Å²) in [4.78, 5) is 4.74. The summed E-state index contributed by atoms with van der Waals surface area (Å²) in [5, 5.41) is 3.80. The van der Waals surface area contributed by atoms with Crippen molar-refractivity contribution in [1.29, 1.82) is 0 Å². The van der Waals surface area contributed by atoms with E-state index < -0.39 is 0 Å². The van der Waals surface area contributed by atoms with Gasteiger partial charge in [-0.1, -0.05) is 13.0 Å². The molecule has 1 fully saturated rings. The van der Waals surface area contributed by atoms with Gasteiger partial charge in [-0.2, -0.15) is 0 Å². The largest absolute Gasteiger partial charge is 0.374 e. The molecule has 1 N–H and O–H groups in total. The van der Waals surface area contributed by atoms with Crippen LogP contribution >= 0.6 is 0 Å². The molecule has 0 amide bonds. The Morgan fingerprint density at radius 2 is 2.38 bits per heavy atom. The van der Waals surface area contributed by atoms with E-state index in [0.717, 1.165) is 26.0 Å². The highest BCUT2D eigenvalue weighted by Gasteiger charge is 2.44. The van der Waals surface area contributed by atoms with Crippen molar-refractivity contribution in [3.63, 3.8) is 0 Å². The van der Waals surface area contributed by atoms with E-state index >= 15 is 0 Å². The second-order valence-electron chi connectivity index (χ2n) is 6.74. The fourth-order valence-corrected chi connectivity index (χ4v) is 4.10. The van der Waals surface area contributed by atoms with E-state index in [1.54, 1.807) is 0 Å². The van der Waals surface area contributed by atoms with Gasteiger partial charge in [-0.15, -0.1) is 0 Å². The standard InChI is InChI=1S/C18H28N2O/c1-3-11-20-17(18(2)10-6-13-21-18)15-9-4-7-14-8-5-12-19-16(14)15/h5,8,12,15,17,20H,3-4,6-7,9-11,13H2,1-2H3. The van der Waals surface area contributed by atoms with Crippen molar-refractivity contribution in [2.24, 2.45) is 0 Å². The predicted molar refractivity (Wildman–Crippen MR) is 85.6 cm³/mol. The van der Waals surface area contributed by atoms with Crippen molar-refractivity contribution < 1.29 is 4.74 Å². The van der Waals surface area contributed by atoms with Gasteiger partial charge in [0.1, 0.15) is 0 Å². The SMILES string of the molecule is CCCNC(C1CCCc2cccnc21)C1(C)CCCO1. The normalized spacial score (nSPS) is 30.1. The van der Waals surface area contributed by atoms with Crippen molar-refractivity contribution in [3.8, 4) is 0 Å². The molecular formula is C18H28N2O. The number of ether oxygens (including phenoxy) is 1. The van der Waals surface area contributed by atoms with E-state index in [9.17, 15) is 0 Å². The molecule has 3 atom stereocenters. The van der Waals surface area contributed by atoms with Crippen molar-refractivity contribution in [2.75, 3.05) is 13.2 Å². The summed E-state index contributed by atoms with van der Waals surface area (Å²) in [6.07, 6.45) is 9.13. The quantitative estimate of drug-likeness (QED) is 0.901. The van der Waals surface area contributed by atoms with Crippen LogP contribution in [0.5, 0.6) is 0 Å². The van der Waals surface area contributed by atoms with Crippen LogP contribution in [-0.2, 0) is 11.2 Å². The molecule has 1 aliphatic heterocycles. The lowest BCUT2D eigenvalue weighted by Crippen LogP contribution is -2.53. The van der Waals surface area contributed by atoms with Crippen LogP contribution in [0.25, 0.3) is 0 Å². The fraction of sp³-hybridized carbons (Fsp3) is 0.722. The molecular weight excluding hydrogens is 260 g/mol. The first-order chi connectivity index (χ1) is 10.2. The van der Waals surface area contributed by atoms with Crippen molar-refractivity contribution in [1.82, 2.24) is 10.3 Å². The van der Waals surface area contributed by atoms with Gasteiger partial charge in [0.2, 0.25) is 0 Å². The fourth-order valence-electron chi connectivity index (χ4n) is 4.10. The van der Waals surface area contributed by atoms with Gasteiger partial charge in [0.25, 0.3) is 0 Å². The minimum atomic E-state index is -0.0357. The minimum absolute atomic E-state index is 0.0357. The zero-order valence-electron chi connectivity index (χ0n) is 13.4. The monoisotopic (exact) mass is 288 g/mol. The van der Waals surface area contributed by atoms with Crippen LogP contribution in [0.4, 0.5) is 0 Å². The molecule has 0 bridgehead atoms. The molecule has 3 rings (SSSR count). The molecule has 3 unspecified atom stereocenters. The number of hydrogen-bond acceptors (Lipinski definition) is 3. The molecule has 3 nitrogen and oxygen atoms in total. The molecule has 0 radical (unpaired) electrons. The van der Waals surface area contributed by atoms with Gasteiger partial charge in [-0.3, -0.25) is 4.98 Å². The lowest BCUT2D eigenvalue weighted by Gasteiger charge is -2.41. The second kappa shape index (κ2) is 6.45. The first kappa shape index (κ1) is 15.0. The molecule has 2 heterocycles. The Morgan fingerprint density at radius 3 is 3.14 bits per heavy atom. The van der Waals surface area contributed by atoms with Gasteiger partial charge >= 0.3 is 0 Å². The lowest BCUT2D eigenvalue weighted by molar-refractivity contribution is -0.0212. The molecule has 1 saturated heterocycles. The Kier molecular flexibility index (Phi) is 4.60. The van der Waals surface area contributed by atoms with Crippen LogP contribution in [-0.4, -0.2) is 29.8 Å². The topological polar surface area (TPSA) is 34.2 Å². The average molecular weight is 288 g/mol. The minimum Gasteiger partial charge on any atom is -0.374 e. The third-order valence-electron chi connectivity index (χ3n) is 5.16. The van der Waals surface area contributed by atoms with Crippen molar-refractivity contribution >= 4 is 0 Å². The molecule has 0 spiro atoms. The molecule has 0 saturated carbocycles. The number of nitrogens with zero attached hydrogens (tertiary/aromatic N) is 1. The molecule has 1 aromatic heterocycles. The molecule has 116 valence electrons. The third-order valence-corrected chi connectivity index (χ3v) is 5.16. The summed E-state index contributed by atoms with van der Waals surface area (Å²) in [5.41, 5.74) is 2.72. The highest BCUT2D eigenvalue weighted by atomic mass is 16.5. The first-order valence-electron chi connectivity index (χ1n) is 8.56. The van der Waals surface area contributed by atoms with Gasteiger partial charge in [0.15, 0.2) is 0 Å². The number of hydrogen-bond donors (Lipinski definition) is 1. The molecule has 1 aromatic rings. The Morgan fingerprint density at radius 1 is 1.48 bits per heavy atom. The van der Waals surface area contributed by atoms with Gasteiger partial charge in [0, 0.05) is 30.5 Å². The van der Waals surface area contributed by atoms with E-state index in [0.29, 0.717) is 12.0 Å². The highest BCUT2D eigenvalue weighted by molar-refractivity contribution is 5.28. The van der Waals surface area contributed by atoms with Crippen molar-refractivity contribution in [3.05, 3.63) is 29.6 Å². The van der Waals surface area contributed by atoms with Crippen LogP contribution in [0.15, 0.2) is 18.3 Å². The average Bonchev–Trinajstić information content (AvgIpc) is 2.95. The van der Waals surface area contributed by atoms with Gasteiger partial charge < -0.3 is 10.1 Å². The van der Waals surface area contributed by atoms with Crippen LogP contribution in [0.1, 0.15) is 63.1 Å². The van der Waals surface area contributed by atoms with Gasteiger partial charge in [-0.05, 0) is 63.6 Å². The number of aromatic nitrogens is 1. The summed E-state index contributed by atoms with van der Waals surface area (Å²) in [5.74, 6) is 0.490. The molecule has 2 aliphatic rings. The summed E-state index contributed by atoms with van der Waals surface area (Å²) < 4.78 is 6.18. The summed E-state index contributed by atoms with van der Waals surface area (Å²) in [6.45, 7) is 6.49. The maximum Gasteiger partial charge on any atom is 0.0814 e. The smallest absolute Gasteiger partial charge is 0.0814 e. The Hall–Kier alpha value is -0.930. The first-order valence-corrected chi connectivity index (χ1v) is 8.56. The van der Waals surface area contributed by atoms with E-state index in [2.05, 4.69) is 31.3 Å². The Labute approximate surface area is 128 Å². The molecule has 1 aliphatic carbocycles. The Balaban J connectivity index is 1.90. The number of fused-ring (bicyclic) bond motifs is 1. The highest BCUT2D eigenvalue weighted by Crippen LogP contribution is 2.40. The van der Waals surface area contributed by atoms with Gasteiger partial charge in [-0.25, -0.2) is 0 Å². The molecule has 21 heavy (non-hydrogen) atoms. The Bertz CT molecular complexity index is 468. The van der Waals surface area contributed by atoms with Crippen LogP contribution in [0.2, 0.25) is 0 Å². The number of rotatable bonds is 5. The van der Waals surface area contributed by atoms with Crippen LogP contribution in [0.3, 0.4) is 0 Å². The second-order valence-corrected chi connectivity index (χ2v) is 6.74. The summed E-state index contributed by atoms with van der Waals surface area (Å²) in [6, 6.07) is 4.71.